The number of benzene rings is 1. The summed E-state index contributed by atoms with van der Waals surface area (Å²) in [6.45, 7) is 0.258. The Morgan fingerprint density at radius 2 is 1.58 bits per heavy atom. The summed E-state index contributed by atoms with van der Waals surface area (Å²) in [6, 6.07) is 9.40. The minimum atomic E-state index is -0.393. The van der Waals surface area contributed by atoms with Crippen molar-refractivity contribution in [3.8, 4) is 11.1 Å². The molecule has 0 bridgehead atoms. The maximum Gasteiger partial charge on any atom is 0.275 e. The van der Waals surface area contributed by atoms with Gasteiger partial charge >= 0.3 is 0 Å². The van der Waals surface area contributed by atoms with Crippen molar-refractivity contribution in [1.82, 2.24) is 4.68 Å². The molecule has 100 valence electrons. The summed E-state index contributed by atoms with van der Waals surface area (Å²) in [5.41, 5.74) is 19.5. The molecule has 0 saturated carbocycles. The molecule has 6 heteroatoms. The van der Waals surface area contributed by atoms with Crippen LogP contribution >= 0.6 is 0 Å². The fraction of sp³-hybridized carbons (Fsp3) is 0.154. The first kappa shape index (κ1) is 13.1. The van der Waals surface area contributed by atoms with Gasteiger partial charge in [0.1, 0.15) is 5.82 Å². The van der Waals surface area contributed by atoms with Crippen LogP contribution in [0.3, 0.4) is 0 Å². The first-order valence-corrected chi connectivity index (χ1v) is 5.88. The van der Waals surface area contributed by atoms with Gasteiger partial charge in [-0.1, -0.05) is 30.3 Å². The number of nitrogen functional groups attached to an aromatic ring is 2. The summed E-state index contributed by atoms with van der Waals surface area (Å²) in [5.74, 6) is 5.82. The van der Waals surface area contributed by atoms with Gasteiger partial charge in [0, 0.05) is 24.2 Å². The highest BCUT2D eigenvalue weighted by molar-refractivity contribution is 5.74. The number of rotatable bonds is 3. The standard InChI is InChI=1S/C13H17N5O/c14-6-9-11(8-4-2-1-3-5-8)10(7-15)13(19)18(17)12(9)16/h1-5H,6-7,14-17H2. The van der Waals surface area contributed by atoms with Gasteiger partial charge in [0.15, 0.2) is 0 Å². The van der Waals surface area contributed by atoms with Gasteiger partial charge in [-0.2, -0.15) is 0 Å². The molecule has 0 aliphatic heterocycles. The summed E-state index contributed by atoms with van der Waals surface area (Å²) in [6.07, 6.45) is 0. The molecular weight excluding hydrogens is 242 g/mol. The van der Waals surface area contributed by atoms with Crippen LogP contribution in [0, 0.1) is 0 Å². The van der Waals surface area contributed by atoms with Crippen LogP contribution in [0.2, 0.25) is 0 Å². The molecule has 8 N–H and O–H groups in total. The van der Waals surface area contributed by atoms with Crippen molar-refractivity contribution in [2.24, 2.45) is 11.5 Å². The van der Waals surface area contributed by atoms with Crippen LogP contribution < -0.4 is 28.6 Å². The molecule has 0 saturated heterocycles. The van der Waals surface area contributed by atoms with Crippen LogP contribution in [-0.2, 0) is 13.1 Å². The molecule has 0 aliphatic carbocycles. The van der Waals surface area contributed by atoms with E-state index >= 15 is 0 Å². The number of hydrogen-bond acceptors (Lipinski definition) is 5. The van der Waals surface area contributed by atoms with Gasteiger partial charge in [-0.25, -0.2) is 4.68 Å². The van der Waals surface area contributed by atoms with Gasteiger partial charge in [0.25, 0.3) is 5.56 Å². The van der Waals surface area contributed by atoms with Crippen LogP contribution in [0.25, 0.3) is 11.1 Å². The molecule has 0 radical (unpaired) electrons. The van der Waals surface area contributed by atoms with Gasteiger partial charge < -0.3 is 23.0 Å². The normalized spacial score (nSPS) is 10.6. The van der Waals surface area contributed by atoms with Gasteiger partial charge in [0.2, 0.25) is 0 Å². The van der Waals surface area contributed by atoms with Crippen molar-refractivity contribution < 1.29 is 0 Å². The Morgan fingerprint density at radius 1 is 1.00 bits per heavy atom. The molecule has 2 aromatic rings. The second-order valence-corrected chi connectivity index (χ2v) is 4.17. The highest BCUT2D eigenvalue weighted by atomic mass is 16.1. The predicted molar refractivity (Wildman–Crippen MR) is 76.5 cm³/mol. The largest absolute Gasteiger partial charge is 0.383 e. The van der Waals surface area contributed by atoms with Crippen molar-refractivity contribution in [2.75, 3.05) is 11.6 Å². The minimum absolute atomic E-state index is 0.0769. The molecule has 19 heavy (non-hydrogen) atoms. The zero-order valence-electron chi connectivity index (χ0n) is 10.5. The molecule has 1 aromatic heterocycles. The summed E-state index contributed by atoms with van der Waals surface area (Å²) in [4.78, 5) is 12.1. The number of anilines is 1. The minimum Gasteiger partial charge on any atom is -0.383 e. The molecule has 0 unspecified atom stereocenters. The third-order valence-electron chi connectivity index (χ3n) is 3.12. The number of aromatic nitrogens is 1. The second-order valence-electron chi connectivity index (χ2n) is 4.17. The van der Waals surface area contributed by atoms with E-state index in [1.807, 2.05) is 30.3 Å². The quantitative estimate of drug-likeness (QED) is 0.564. The number of nitrogens with two attached hydrogens (primary N) is 4. The number of pyridine rings is 1. The van der Waals surface area contributed by atoms with Crippen LogP contribution in [-0.4, -0.2) is 4.68 Å². The fourth-order valence-electron chi connectivity index (χ4n) is 2.17. The summed E-state index contributed by atoms with van der Waals surface area (Å²) in [7, 11) is 0. The average molecular weight is 259 g/mol. The second kappa shape index (κ2) is 5.13. The van der Waals surface area contributed by atoms with E-state index in [-0.39, 0.29) is 18.9 Å². The van der Waals surface area contributed by atoms with Gasteiger partial charge in [-0.3, -0.25) is 4.79 Å². The summed E-state index contributed by atoms with van der Waals surface area (Å²) in [5, 5.41) is 0. The van der Waals surface area contributed by atoms with Gasteiger partial charge in [0.05, 0.1) is 0 Å². The molecule has 0 amide bonds. The van der Waals surface area contributed by atoms with Crippen molar-refractivity contribution in [1.29, 1.82) is 0 Å². The maximum atomic E-state index is 12.1. The lowest BCUT2D eigenvalue weighted by molar-refractivity contribution is 0.877. The molecule has 2 rings (SSSR count). The lowest BCUT2D eigenvalue weighted by atomic mass is 9.95. The average Bonchev–Trinajstić information content (AvgIpc) is 2.45. The highest BCUT2D eigenvalue weighted by Crippen LogP contribution is 2.28. The Balaban J connectivity index is 2.89. The number of nitrogens with zero attached hydrogens (tertiary/aromatic N) is 1. The van der Waals surface area contributed by atoms with Crippen molar-refractivity contribution in [3.63, 3.8) is 0 Å². The van der Waals surface area contributed by atoms with Crippen molar-refractivity contribution >= 4 is 5.82 Å². The Morgan fingerprint density at radius 3 is 2.11 bits per heavy atom. The lowest BCUT2D eigenvalue weighted by Crippen LogP contribution is -2.35. The van der Waals surface area contributed by atoms with Gasteiger partial charge in [-0.15, -0.1) is 0 Å². The maximum absolute atomic E-state index is 12.1. The third-order valence-corrected chi connectivity index (χ3v) is 3.12. The van der Waals surface area contributed by atoms with E-state index < -0.39 is 5.56 Å². The molecular formula is C13H17N5O. The van der Waals surface area contributed by atoms with Crippen LogP contribution in [0.15, 0.2) is 35.1 Å². The number of hydrogen-bond donors (Lipinski definition) is 4. The molecule has 1 heterocycles. The topological polar surface area (TPSA) is 126 Å². The molecule has 0 spiro atoms. The third kappa shape index (κ3) is 2.07. The van der Waals surface area contributed by atoms with Crippen LogP contribution in [0.5, 0.6) is 0 Å². The molecule has 0 fully saturated rings. The van der Waals surface area contributed by atoms with E-state index in [0.29, 0.717) is 16.7 Å². The van der Waals surface area contributed by atoms with E-state index in [0.717, 1.165) is 10.2 Å². The lowest BCUT2D eigenvalue weighted by Gasteiger charge is -2.17. The summed E-state index contributed by atoms with van der Waals surface area (Å²) < 4.78 is 0.900. The van der Waals surface area contributed by atoms with E-state index in [1.54, 1.807) is 0 Å². The monoisotopic (exact) mass is 259 g/mol. The summed E-state index contributed by atoms with van der Waals surface area (Å²) >= 11 is 0. The van der Waals surface area contributed by atoms with E-state index in [9.17, 15) is 4.79 Å². The zero-order valence-corrected chi connectivity index (χ0v) is 10.5. The zero-order chi connectivity index (χ0) is 14.0. The predicted octanol–water partition coefficient (Wildman–Crippen LogP) is -0.271. The first-order chi connectivity index (χ1) is 9.11. The van der Waals surface area contributed by atoms with E-state index in [4.69, 9.17) is 23.0 Å². The highest BCUT2D eigenvalue weighted by Gasteiger charge is 2.18. The van der Waals surface area contributed by atoms with E-state index in [1.165, 1.54) is 0 Å². The Hall–Kier alpha value is -2.31. The SMILES string of the molecule is NCc1c(-c2ccccc2)c(CN)c(=O)n(N)c1N. The molecule has 1 aromatic carbocycles. The Kier molecular flexibility index (Phi) is 3.55. The van der Waals surface area contributed by atoms with Crippen molar-refractivity contribution in [3.05, 3.63) is 51.8 Å². The van der Waals surface area contributed by atoms with Crippen LogP contribution in [0.4, 0.5) is 5.82 Å². The molecule has 0 aliphatic rings. The fourth-order valence-corrected chi connectivity index (χ4v) is 2.17. The van der Waals surface area contributed by atoms with E-state index in [2.05, 4.69) is 0 Å². The van der Waals surface area contributed by atoms with Gasteiger partial charge in [-0.05, 0) is 11.1 Å². The smallest absolute Gasteiger partial charge is 0.275 e. The van der Waals surface area contributed by atoms with Crippen molar-refractivity contribution in [2.45, 2.75) is 13.1 Å². The Bertz CT molecular complexity index is 648. The Labute approximate surface area is 110 Å². The molecule has 0 atom stereocenters. The molecule has 6 nitrogen and oxygen atoms in total. The van der Waals surface area contributed by atoms with Crippen LogP contribution in [0.1, 0.15) is 11.1 Å². The first-order valence-electron chi connectivity index (χ1n) is 5.88.